The molecule has 0 unspecified atom stereocenters. The number of hydrogen-bond acceptors (Lipinski definition) is 0. The molecule has 12 heavy (non-hydrogen) atoms. The fourth-order valence-corrected chi connectivity index (χ4v) is 1.50. The largest absolute Gasteiger partial charge is 0.422 e. The van der Waals surface area contributed by atoms with Gasteiger partial charge in [-0.15, -0.1) is 0 Å². The molecule has 72 valence electrons. The third-order valence-electron chi connectivity index (χ3n) is 2.57. The number of rotatable bonds is 0. The zero-order valence-corrected chi connectivity index (χ0v) is 6.92. The molecule has 1 rings (SSSR count). The van der Waals surface area contributed by atoms with Crippen molar-refractivity contribution < 1.29 is 17.6 Å². The summed E-state index contributed by atoms with van der Waals surface area (Å²) in [5.41, 5.74) is -2.90. The van der Waals surface area contributed by atoms with Crippen molar-refractivity contribution >= 4 is 0 Å². The van der Waals surface area contributed by atoms with Crippen LogP contribution in [-0.2, 0) is 0 Å². The second-order valence-electron chi connectivity index (χ2n) is 3.65. The summed E-state index contributed by atoms with van der Waals surface area (Å²) in [4.78, 5) is 0. The lowest BCUT2D eigenvalue weighted by Crippen LogP contribution is -2.43. The predicted octanol–water partition coefficient (Wildman–Crippen LogP) is 3.47. The quantitative estimate of drug-likeness (QED) is 0.505. The normalized spacial score (nSPS) is 38.2. The van der Waals surface area contributed by atoms with Crippen LogP contribution < -0.4 is 0 Å². The molecule has 0 aromatic carbocycles. The molecular formula is C8H12F4. The van der Waals surface area contributed by atoms with E-state index >= 15 is 0 Å². The summed E-state index contributed by atoms with van der Waals surface area (Å²) < 4.78 is 49.4. The van der Waals surface area contributed by atoms with Gasteiger partial charge in [0.15, 0.2) is 0 Å². The summed E-state index contributed by atoms with van der Waals surface area (Å²) in [6.07, 6.45) is -4.71. The van der Waals surface area contributed by atoms with E-state index in [0.717, 1.165) is 0 Å². The van der Waals surface area contributed by atoms with Crippen LogP contribution in [0.5, 0.6) is 0 Å². The number of alkyl halides is 4. The summed E-state index contributed by atoms with van der Waals surface area (Å²) in [6, 6.07) is 0. The van der Waals surface area contributed by atoms with Gasteiger partial charge in [-0.05, 0) is 31.6 Å². The molecule has 0 aromatic heterocycles. The molecule has 0 saturated heterocycles. The van der Waals surface area contributed by atoms with Gasteiger partial charge in [0.1, 0.15) is 0 Å². The van der Waals surface area contributed by atoms with Gasteiger partial charge in [0, 0.05) is 0 Å². The molecule has 0 N–H and O–H groups in total. The van der Waals surface area contributed by atoms with Crippen LogP contribution in [0, 0.1) is 5.92 Å². The Morgan fingerprint density at radius 2 is 1.58 bits per heavy atom. The van der Waals surface area contributed by atoms with E-state index in [4.69, 9.17) is 0 Å². The first-order valence-electron chi connectivity index (χ1n) is 4.11. The van der Waals surface area contributed by atoms with Crippen LogP contribution in [0.2, 0.25) is 0 Å². The van der Waals surface area contributed by atoms with Gasteiger partial charge in [0.2, 0.25) is 5.67 Å². The Kier molecular flexibility index (Phi) is 2.36. The summed E-state index contributed by atoms with van der Waals surface area (Å²) in [6.45, 7) is 1.86. The molecular weight excluding hydrogens is 172 g/mol. The van der Waals surface area contributed by atoms with Gasteiger partial charge in [0.25, 0.3) is 0 Å². The second-order valence-corrected chi connectivity index (χ2v) is 3.65. The molecule has 1 aliphatic rings. The average Bonchev–Trinajstić information content (AvgIpc) is 1.93. The first-order valence-corrected chi connectivity index (χ1v) is 4.11. The van der Waals surface area contributed by atoms with Gasteiger partial charge in [-0.25, -0.2) is 4.39 Å². The summed E-state index contributed by atoms with van der Waals surface area (Å²) in [5, 5.41) is 0. The molecule has 1 fully saturated rings. The van der Waals surface area contributed by atoms with Crippen LogP contribution in [-0.4, -0.2) is 11.8 Å². The van der Waals surface area contributed by atoms with E-state index in [1.807, 2.05) is 6.92 Å². The first-order chi connectivity index (χ1) is 5.35. The molecule has 0 bridgehead atoms. The summed E-state index contributed by atoms with van der Waals surface area (Å²) in [7, 11) is 0. The molecule has 1 aliphatic carbocycles. The highest BCUT2D eigenvalue weighted by molar-refractivity contribution is 4.91. The van der Waals surface area contributed by atoms with E-state index < -0.39 is 11.8 Å². The fraction of sp³-hybridized carbons (Fsp3) is 1.00. The lowest BCUT2D eigenvalue weighted by atomic mass is 9.80. The molecule has 0 atom stereocenters. The second kappa shape index (κ2) is 2.89. The van der Waals surface area contributed by atoms with Crippen LogP contribution >= 0.6 is 0 Å². The Bertz CT molecular complexity index is 153. The number of hydrogen-bond donors (Lipinski definition) is 0. The monoisotopic (exact) mass is 184 g/mol. The maximum Gasteiger partial charge on any atom is 0.422 e. The maximum atomic E-state index is 13.1. The fourth-order valence-electron chi connectivity index (χ4n) is 1.50. The Morgan fingerprint density at radius 1 is 1.17 bits per heavy atom. The lowest BCUT2D eigenvalue weighted by molar-refractivity contribution is -0.241. The maximum absolute atomic E-state index is 13.1. The van der Waals surface area contributed by atoms with Crippen LogP contribution in [0.3, 0.4) is 0 Å². The molecule has 0 aromatic rings. The highest BCUT2D eigenvalue weighted by atomic mass is 19.4. The van der Waals surface area contributed by atoms with Crippen molar-refractivity contribution in [1.29, 1.82) is 0 Å². The van der Waals surface area contributed by atoms with E-state index in [-0.39, 0.29) is 18.8 Å². The molecule has 4 heteroatoms. The zero-order chi connectivity index (χ0) is 9.41. The van der Waals surface area contributed by atoms with Crippen molar-refractivity contribution in [2.24, 2.45) is 5.92 Å². The SMILES string of the molecule is CC1CCC(F)(C(F)(F)F)CC1. The average molecular weight is 184 g/mol. The van der Waals surface area contributed by atoms with E-state index in [1.54, 1.807) is 0 Å². The first kappa shape index (κ1) is 9.81. The van der Waals surface area contributed by atoms with Crippen molar-refractivity contribution in [2.45, 2.75) is 44.5 Å². The number of halogens is 4. The van der Waals surface area contributed by atoms with Gasteiger partial charge in [-0.2, -0.15) is 13.2 Å². The lowest BCUT2D eigenvalue weighted by Gasteiger charge is -2.33. The molecule has 0 heterocycles. The minimum absolute atomic E-state index is 0.233. The topological polar surface area (TPSA) is 0 Å². The predicted molar refractivity (Wildman–Crippen MR) is 37.5 cm³/mol. The van der Waals surface area contributed by atoms with Gasteiger partial charge in [-0.3, -0.25) is 0 Å². The standard InChI is InChI=1S/C8H12F4/c1-6-2-4-7(9,5-3-6)8(10,11)12/h6H,2-5H2,1H3. The third-order valence-corrected chi connectivity index (χ3v) is 2.57. The summed E-state index contributed by atoms with van der Waals surface area (Å²) >= 11 is 0. The van der Waals surface area contributed by atoms with Crippen LogP contribution in [0.25, 0.3) is 0 Å². The Hall–Kier alpha value is -0.280. The Balaban J connectivity index is 2.62. The minimum Gasteiger partial charge on any atom is -0.234 e. The summed E-state index contributed by atoms with van der Waals surface area (Å²) in [5.74, 6) is 0.233. The van der Waals surface area contributed by atoms with Crippen LogP contribution in [0.4, 0.5) is 17.6 Å². The molecule has 1 saturated carbocycles. The van der Waals surface area contributed by atoms with E-state index in [2.05, 4.69) is 0 Å². The van der Waals surface area contributed by atoms with Crippen molar-refractivity contribution in [1.82, 2.24) is 0 Å². The molecule has 0 aliphatic heterocycles. The van der Waals surface area contributed by atoms with Crippen molar-refractivity contribution in [3.63, 3.8) is 0 Å². The van der Waals surface area contributed by atoms with E-state index in [0.29, 0.717) is 12.8 Å². The van der Waals surface area contributed by atoms with Crippen molar-refractivity contribution in [2.75, 3.05) is 0 Å². The zero-order valence-electron chi connectivity index (χ0n) is 6.92. The van der Waals surface area contributed by atoms with Gasteiger partial charge >= 0.3 is 6.18 Å². The minimum atomic E-state index is -4.67. The van der Waals surface area contributed by atoms with Crippen molar-refractivity contribution in [3.8, 4) is 0 Å². The molecule has 0 radical (unpaired) electrons. The Morgan fingerprint density at radius 3 is 1.92 bits per heavy atom. The van der Waals surface area contributed by atoms with Gasteiger partial charge in [0.05, 0.1) is 0 Å². The highest BCUT2D eigenvalue weighted by Gasteiger charge is 2.56. The van der Waals surface area contributed by atoms with Crippen LogP contribution in [0.15, 0.2) is 0 Å². The Labute approximate surface area is 69.0 Å². The van der Waals surface area contributed by atoms with Crippen molar-refractivity contribution in [3.05, 3.63) is 0 Å². The molecule has 0 amide bonds. The highest BCUT2D eigenvalue weighted by Crippen LogP contribution is 2.45. The van der Waals surface area contributed by atoms with Gasteiger partial charge in [-0.1, -0.05) is 6.92 Å². The van der Waals surface area contributed by atoms with E-state index in [9.17, 15) is 17.6 Å². The van der Waals surface area contributed by atoms with Gasteiger partial charge < -0.3 is 0 Å². The smallest absolute Gasteiger partial charge is 0.234 e. The molecule has 0 spiro atoms. The molecule has 0 nitrogen and oxygen atoms in total. The third kappa shape index (κ3) is 1.72. The van der Waals surface area contributed by atoms with Crippen LogP contribution in [0.1, 0.15) is 32.6 Å². The van der Waals surface area contributed by atoms with E-state index in [1.165, 1.54) is 0 Å².